The van der Waals surface area contributed by atoms with Crippen molar-refractivity contribution < 1.29 is 35.2 Å². The zero-order valence-corrected chi connectivity index (χ0v) is 28.0. The molecule has 7 rings (SSSR count). The molecular formula is C37H29F3NO5PS. The van der Waals surface area contributed by atoms with Crippen LogP contribution in [0.25, 0.3) is 54.9 Å². The second-order valence-electron chi connectivity index (χ2n) is 12.2. The zero-order chi connectivity index (χ0) is 34.2. The molecule has 0 amide bonds. The lowest BCUT2D eigenvalue weighted by Gasteiger charge is -2.22. The van der Waals surface area contributed by atoms with Gasteiger partial charge in [0.05, 0.1) is 0 Å². The summed E-state index contributed by atoms with van der Waals surface area (Å²) in [7, 11) is -11.6. The van der Waals surface area contributed by atoms with Crippen LogP contribution >= 0.6 is 7.75 Å². The predicted molar refractivity (Wildman–Crippen MR) is 184 cm³/mol. The standard InChI is InChI=1S/C37H29F3NO5PS/c1-21-13-22(2)16-27(15-21)31-19-25-9-5-7-11-29(25)33-34-30-12-8-6-10-26(30)20-32(28-17-23(3)14-24(4)18-28)36(34)46-47(42,45-35(31)33)41-48(43,44)37(38,39)40/h5-20H,1-4H3,(H,41,42). The number of hydrogen-bond acceptors (Lipinski definition) is 5. The van der Waals surface area contributed by atoms with Crippen molar-refractivity contribution in [3.8, 4) is 44.9 Å². The number of sulfonamides is 1. The van der Waals surface area contributed by atoms with Gasteiger partial charge >= 0.3 is 23.3 Å². The van der Waals surface area contributed by atoms with Crippen molar-refractivity contribution in [1.82, 2.24) is 4.49 Å². The smallest absolute Gasteiger partial charge is 0.403 e. The lowest BCUT2D eigenvalue weighted by Crippen LogP contribution is -2.36. The lowest BCUT2D eigenvalue weighted by atomic mass is 9.86. The van der Waals surface area contributed by atoms with Crippen LogP contribution < -0.4 is 13.5 Å². The van der Waals surface area contributed by atoms with Crippen molar-refractivity contribution in [2.75, 3.05) is 0 Å². The van der Waals surface area contributed by atoms with E-state index in [2.05, 4.69) is 0 Å². The first-order chi connectivity index (χ1) is 22.6. The van der Waals surface area contributed by atoms with Crippen molar-refractivity contribution in [2.24, 2.45) is 0 Å². The van der Waals surface area contributed by atoms with Crippen molar-refractivity contribution in [3.05, 3.63) is 119 Å². The first-order valence-electron chi connectivity index (χ1n) is 15.0. The molecule has 0 aromatic heterocycles. The predicted octanol–water partition coefficient (Wildman–Crippen LogP) is 10.5. The Morgan fingerprint density at radius 2 is 0.979 bits per heavy atom. The third-order valence-electron chi connectivity index (χ3n) is 8.28. The van der Waals surface area contributed by atoms with Gasteiger partial charge in [0.1, 0.15) is 11.5 Å². The van der Waals surface area contributed by atoms with Gasteiger partial charge in [-0.15, -0.1) is 0 Å². The Hall–Kier alpha value is -4.63. The molecule has 0 unspecified atom stereocenters. The van der Waals surface area contributed by atoms with Gasteiger partial charge in [0.15, 0.2) is 0 Å². The highest BCUT2D eigenvalue weighted by Crippen LogP contribution is 2.62. The molecule has 11 heteroatoms. The van der Waals surface area contributed by atoms with Gasteiger partial charge in [-0.3, -0.25) is 0 Å². The summed E-state index contributed by atoms with van der Waals surface area (Å²) < 4.78 is 94.9. The van der Waals surface area contributed by atoms with E-state index in [1.54, 1.807) is 12.1 Å². The maximum absolute atomic E-state index is 14.7. The van der Waals surface area contributed by atoms with Gasteiger partial charge in [-0.05, 0) is 72.5 Å². The van der Waals surface area contributed by atoms with Crippen molar-refractivity contribution in [3.63, 3.8) is 0 Å². The molecule has 0 radical (unpaired) electrons. The fourth-order valence-electron chi connectivity index (χ4n) is 6.53. The number of halogens is 3. The number of benzene rings is 6. The Balaban J connectivity index is 1.70. The minimum Gasteiger partial charge on any atom is -0.403 e. The van der Waals surface area contributed by atoms with Crippen molar-refractivity contribution >= 4 is 39.3 Å². The number of nitrogens with one attached hydrogen (secondary N) is 1. The molecule has 1 N–H and O–H groups in total. The molecule has 1 aliphatic rings. The summed E-state index contributed by atoms with van der Waals surface area (Å²) in [6.07, 6.45) is 0. The van der Waals surface area contributed by atoms with Crippen LogP contribution in [-0.4, -0.2) is 13.9 Å². The van der Waals surface area contributed by atoms with Crippen molar-refractivity contribution in [2.45, 2.75) is 33.2 Å². The van der Waals surface area contributed by atoms with Gasteiger partial charge in [-0.25, -0.2) is 13.0 Å². The van der Waals surface area contributed by atoms with Gasteiger partial charge in [0.2, 0.25) is 0 Å². The molecule has 48 heavy (non-hydrogen) atoms. The number of fused-ring (bicyclic) bond motifs is 7. The summed E-state index contributed by atoms with van der Waals surface area (Å²) >= 11 is 0. The summed E-state index contributed by atoms with van der Waals surface area (Å²) in [5, 5.41) is 2.82. The van der Waals surface area contributed by atoms with Crippen LogP contribution in [0.15, 0.2) is 97.1 Å². The first kappa shape index (κ1) is 31.9. The van der Waals surface area contributed by atoms with E-state index in [0.29, 0.717) is 44.2 Å². The summed E-state index contributed by atoms with van der Waals surface area (Å²) in [4.78, 5) is 0. The van der Waals surface area contributed by atoms with Crippen LogP contribution in [0, 0.1) is 27.7 Å². The molecule has 1 heterocycles. The average molecular weight is 688 g/mol. The van der Waals surface area contributed by atoms with E-state index in [-0.39, 0.29) is 11.5 Å². The van der Waals surface area contributed by atoms with E-state index < -0.39 is 23.3 Å². The second-order valence-corrected chi connectivity index (χ2v) is 15.7. The number of alkyl halides is 3. The van der Waals surface area contributed by atoms with Gasteiger partial charge in [-0.2, -0.15) is 13.2 Å². The van der Waals surface area contributed by atoms with E-state index in [4.69, 9.17) is 9.05 Å². The van der Waals surface area contributed by atoms with Crippen LogP contribution in [0.1, 0.15) is 22.3 Å². The molecule has 1 aliphatic heterocycles. The summed E-state index contributed by atoms with van der Waals surface area (Å²) in [6.45, 7) is 7.62. The molecule has 0 saturated heterocycles. The normalized spacial score (nSPS) is 14.1. The van der Waals surface area contributed by atoms with Gasteiger partial charge in [-0.1, -0.05) is 112 Å². The molecule has 0 spiro atoms. The van der Waals surface area contributed by atoms with Crippen LogP contribution in [0.5, 0.6) is 11.5 Å². The summed E-state index contributed by atoms with van der Waals surface area (Å²) in [5.41, 5.74) is 0.707. The highest BCUT2D eigenvalue weighted by Gasteiger charge is 2.53. The topological polar surface area (TPSA) is 81.7 Å². The Morgan fingerprint density at radius 1 is 0.604 bits per heavy atom. The Bertz CT molecular complexity index is 2290. The zero-order valence-electron chi connectivity index (χ0n) is 26.3. The molecule has 0 bridgehead atoms. The number of hydrogen-bond donors (Lipinski definition) is 1. The fraction of sp³-hybridized carbons (Fsp3) is 0.135. The van der Waals surface area contributed by atoms with Gasteiger partial charge < -0.3 is 9.05 Å². The van der Waals surface area contributed by atoms with Gasteiger partial charge in [0.25, 0.3) is 0 Å². The fourth-order valence-corrected chi connectivity index (χ4v) is 9.31. The Labute approximate surface area is 275 Å². The second kappa shape index (κ2) is 11.2. The van der Waals surface area contributed by atoms with Crippen LogP contribution in [0.2, 0.25) is 0 Å². The SMILES string of the molecule is Cc1cc(C)cc(-c2cc3ccccc3c3c2OP(=O)(NS(=O)(=O)C(F)(F)F)Oc2c(-c4cc(C)cc(C)c4)cc4ccccc4c2-3)c1. The number of aryl methyl sites for hydroxylation is 4. The maximum atomic E-state index is 14.7. The molecule has 0 aliphatic carbocycles. The summed E-state index contributed by atoms with van der Waals surface area (Å²) in [5.74, 6) is -0.151. The third kappa shape index (κ3) is 5.53. The quantitative estimate of drug-likeness (QED) is 0.187. The lowest BCUT2D eigenvalue weighted by molar-refractivity contribution is -0.0443. The molecular weight excluding hydrogens is 658 g/mol. The molecule has 6 aromatic carbocycles. The van der Waals surface area contributed by atoms with E-state index in [1.807, 2.05) is 113 Å². The molecule has 244 valence electrons. The third-order valence-corrected chi connectivity index (χ3v) is 11.6. The summed E-state index contributed by atoms with van der Waals surface area (Å²) in [6, 6.07) is 29.9. The minimum absolute atomic E-state index is 0.0756. The van der Waals surface area contributed by atoms with Crippen LogP contribution in [-0.2, 0) is 14.6 Å². The van der Waals surface area contributed by atoms with E-state index in [0.717, 1.165) is 33.0 Å². The highest BCUT2D eigenvalue weighted by molar-refractivity contribution is 7.95. The largest absolute Gasteiger partial charge is 0.526 e. The molecule has 6 nitrogen and oxygen atoms in total. The van der Waals surface area contributed by atoms with Crippen LogP contribution in [0.3, 0.4) is 0 Å². The molecule has 0 fully saturated rings. The highest BCUT2D eigenvalue weighted by atomic mass is 32.2. The van der Waals surface area contributed by atoms with Gasteiger partial charge in [0, 0.05) is 22.3 Å². The van der Waals surface area contributed by atoms with E-state index in [9.17, 15) is 26.2 Å². The van der Waals surface area contributed by atoms with E-state index >= 15 is 0 Å². The number of rotatable bonds is 4. The molecule has 6 aromatic rings. The van der Waals surface area contributed by atoms with Crippen molar-refractivity contribution in [1.29, 1.82) is 0 Å². The Morgan fingerprint density at radius 3 is 1.35 bits per heavy atom. The monoisotopic (exact) mass is 687 g/mol. The minimum atomic E-state index is -6.21. The average Bonchev–Trinajstić information content (AvgIpc) is 3.12. The van der Waals surface area contributed by atoms with Crippen LogP contribution in [0.4, 0.5) is 13.2 Å². The molecule has 0 atom stereocenters. The maximum Gasteiger partial charge on any atom is 0.526 e. The Kier molecular flexibility index (Phi) is 7.47. The van der Waals surface area contributed by atoms with E-state index in [1.165, 1.54) is 4.49 Å². The molecule has 0 saturated carbocycles. The first-order valence-corrected chi connectivity index (χ1v) is 18.0.